The highest BCUT2D eigenvalue weighted by molar-refractivity contribution is 5.86. The van der Waals surface area contributed by atoms with E-state index in [0.717, 1.165) is 0 Å². The van der Waals surface area contributed by atoms with Gasteiger partial charge in [0.15, 0.2) is 0 Å². The van der Waals surface area contributed by atoms with Crippen molar-refractivity contribution >= 4 is 17.7 Å². The molecule has 0 saturated heterocycles. The third kappa shape index (κ3) is 3.95. The molecule has 0 spiro atoms. The lowest BCUT2D eigenvalue weighted by atomic mass is 10.1. The van der Waals surface area contributed by atoms with Crippen molar-refractivity contribution in [3.05, 3.63) is 30.1 Å². The van der Waals surface area contributed by atoms with Gasteiger partial charge >= 0.3 is 6.09 Å². The zero-order valence-corrected chi connectivity index (χ0v) is 11.9. The minimum absolute atomic E-state index is 0.0108. The second-order valence-corrected chi connectivity index (χ2v) is 5.44. The lowest BCUT2D eigenvalue weighted by Gasteiger charge is -2.19. The third-order valence-corrected chi connectivity index (χ3v) is 2.43. The molecule has 1 aromatic carbocycles. The molecule has 0 aliphatic heterocycles. The molecule has 6 nitrogen and oxygen atoms in total. The first kappa shape index (κ1) is 14.8. The largest absolute Gasteiger partial charge is 0.444 e. The van der Waals surface area contributed by atoms with Gasteiger partial charge < -0.3 is 15.0 Å². The van der Waals surface area contributed by atoms with Gasteiger partial charge in [-0.1, -0.05) is 5.16 Å². The molecule has 0 aliphatic carbocycles. The first-order valence-corrected chi connectivity index (χ1v) is 6.27. The number of ether oxygens (including phenoxy) is 1. The maximum atomic E-state index is 13.7. The molecule has 0 unspecified atom stereocenters. The fourth-order valence-corrected chi connectivity index (χ4v) is 1.62. The van der Waals surface area contributed by atoms with Crippen LogP contribution in [0.25, 0.3) is 11.3 Å². The summed E-state index contributed by atoms with van der Waals surface area (Å²) >= 11 is 0. The summed E-state index contributed by atoms with van der Waals surface area (Å²) in [6, 6.07) is 5.65. The van der Waals surface area contributed by atoms with E-state index in [0.29, 0.717) is 11.3 Å². The van der Waals surface area contributed by atoms with Crippen LogP contribution in [0.4, 0.5) is 20.8 Å². The number of benzene rings is 1. The van der Waals surface area contributed by atoms with Crippen LogP contribution >= 0.6 is 0 Å². The number of halogens is 1. The van der Waals surface area contributed by atoms with Crippen LogP contribution in [0.5, 0.6) is 0 Å². The van der Waals surface area contributed by atoms with Gasteiger partial charge in [-0.15, -0.1) is 0 Å². The van der Waals surface area contributed by atoms with Crippen LogP contribution in [0.15, 0.2) is 28.8 Å². The van der Waals surface area contributed by atoms with E-state index < -0.39 is 17.5 Å². The highest BCUT2D eigenvalue weighted by Gasteiger charge is 2.18. The number of carbonyl (C=O) groups is 1. The van der Waals surface area contributed by atoms with E-state index in [9.17, 15) is 9.18 Å². The van der Waals surface area contributed by atoms with Crippen LogP contribution in [0.2, 0.25) is 0 Å². The molecular formula is C14H16FN3O3. The van der Waals surface area contributed by atoms with Crippen molar-refractivity contribution < 1.29 is 18.4 Å². The molecule has 0 bridgehead atoms. The van der Waals surface area contributed by atoms with E-state index in [4.69, 9.17) is 15.0 Å². The molecule has 2 aromatic rings. The van der Waals surface area contributed by atoms with E-state index in [2.05, 4.69) is 10.5 Å². The van der Waals surface area contributed by atoms with E-state index >= 15 is 0 Å². The molecule has 0 radical (unpaired) electrons. The van der Waals surface area contributed by atoms with Crippen molar-refractivity contribution in [3.63, 3.8) is 0 Å². The van der Waals surface area contributed by atoms with Crippen molar-refractivity contribution in [3.8, 4) is 11.3 Å². The lowest BCUT2D eigenvalue weighted by Crippen LogP contribution is -2.27. The van der Waals surface area contributed by atoms with Crippen molar-refractivity contribution in [2.75, 3.05) is 11.1 Å². The Morgan fingerprint density at radius 3 is 2.67 bits per heavy atom. The number of nitrogen functional groups attached to an aromatic ring is 1. The van der Waals surface area contributed by atoms with Crippen LogP contribution in [-0.4, -0.2) is 16.9 Å². The van der Waals surface area contributed by atoms with Gasteiger partial charge in [0, 0.05) is 11.6 Å². The highest BCUT2D eigenvalue weighted by atomic mass is 19.1. The molecule has 7 heteroatoms. The van der Waals surface area contributed by atoms with Gasteiger partial charge in [0.1, 0.15) is 17.1 Å². The second kappa shape index (κ2) is 5.43. The Hall–Kier alpha value is -2.57. The van der Waals surface area contributed by atoms with Gasteiger partial charge in [0.05, 0.1) is 5.69 Å². The van der Waals surface area contributed by atoms with E-state index in [1.165, 1.54) is 24.3 Å². The molecule has 1 heterocycles. The molecule has 0 fully saturated rings. The molecule has 0 saturated carbocycles. The summed E-state index contributed by atoms with van der Waals surface area (Å²) in [4.78, 5) is 11.7. The summed E-state index contributed by atoms with van der Waals surface area (Å²) in [6.07, 6.45) is -0.738. The number of hydrogen-bond donors (Lipinski definition) is 2. The number of nitrogens with zero attached hydrogens (tertiary/aromatic N) is 1. The number of rotatable bonds is 2. The normalized spacial score (nSPS) is 11.2. The zero-order valence-electron chi connectivity index (χ0n) is 11.9. The smallest absolute Gasteiger partial charge is 0.412 e. The van der Waals surface area contributed by atoms with Gasteiger partial charge in [0.25, 0.3) is 0 Å². The zero-order chi connectivity index (χ0) is 15.6. The Kier molecular flexibility index (Phi) is 3.84. The summed E-state index contributed by atoms with van der Waals surface area (Å²) in [5.41, 5.74) is 5.76. The predicted octanol–water partition coefficient (Wildman–Crippen LogP) is 3.41. The number of anilines is 2. The average molecular weight is 293 g/mol. The topological polar surface area (TPSA) is 90.4 Å². The van der Waals surface area contributed by atoms with Gasteiger partial charge in [-0.3, -0.25) is 5.32 Å². The average Bonchev–Trinajstić information content (AvgIpc) is 2.76. The summed E-state index contributed by atoms with van der Waals surface area (Å²) < 4.78 is 23.6. The van der Waals surface area contributed by atoms with Crippen LogP contribution in [-0.2, 0) is 4.74 Å². The molecular weight excluding hydrogens is 277 g/mol. The van der Waals surface area contributed by atoms with Gasteiger partial charge in [-0.2, -0.15) is 0 Å². The van der Waals surface area contributed by atoms with Crippen LogP contribution in [0.3, 0.4) is 0 Å². The summed E-state index contributed by atoms with van der Waals surface area (Å²) in [5.74, 6) is -0.433. The minimum Gasteiger partial charge on any atom is -0.444 e. The van der Waals surface area contributed by atoms with Crippen LogP contribution < -0.4 is 11.1 Å². The standard InChI is InChI=1S/C14H16FN3O3/c1-14(2,3)20-13(19)17-11-6-8(4-5-9(11)15)10-7-12(16)21-18-10/h4-7H,16H2,1-3H3,(H,17,19). The first-order valence-electron chi connectivity index (χ1n) is 6.27. The van der Waals surface area contributed by atoms with Gasteiger partial charge in [-0.25, -0.2) is 9.18 Å². The first-order chi connectivity index (χ1) is 9.74. The number of nitrogens with two attached hydrogens (primary N) is 1. The van der Waals surface area contributed by atoms with Gasteiger partial charge in [-0.05, 0) is 39.0 Å². The quantitative estimate of drug-likeness (QED) is 0.885. The summed E-state index contributed by atoms with van der Waals surface area (Å²) in [6.45, 7) is 5.16. The fourth-order valence-electron chi connectivity index (χ4n) is 1.62. The molecule has 21 heavy (non-hydrogen) atoms. The predicted molar refractivity (Wildman–Crippen MR) is 76.2 cm³/mol. The lowest BCUT2D eigenvalue weighted by molar-refractivity contribution is 0.0635. The Bertz CT molecular complexity index is 662. The number of aromatic nitrogens is 1. The number of amides is 1. The van der Waals surface area contributed by atoms with E-state index in [1.807, 2.05) is 0 Å². The molecule has 0 atom stereocenters. The maximum absolute atomic E-state index is 13.7. The second-order valence-electron chi connectivity index (χ2n) is 5.44. The van der Waals surface area contributed by atoms with E-state index in [1.54, 1.807) is 20.8 Å². The molecule has 0 aliphatic rings. The molecule has 1 amide bonds. The Balaban J connectivity index is 2.22. The maximum Gasteiger partial charge on any atom is 0.412 e. The highest BCUT2D eigenvalue weighted by Crippen LogP contribution is 2.25. The van der Waals surface area contributed by atoms with Crippen molar-refractivity contribution in [1.29, 1.82) is 0 Å². The van der Waals surface area contributed by atoms with Crippen molar-refractivity contribution in [1.82, 2.24) is 5.16 Å². The number of hydrogen-bond acceptors (Lipinski definition) is 5. The number of carbonyl (C=O) groups excluding carboxylic acids is 1. The van der Waals surface area contributed by atoms with Crippen molar-refractivity contribution in [2.45, 2.75) is 26.4 Å². The van der Waals surface area contributed by atoms with E-state index in [-0.39, 0.29) is 11.6 Å². The van der Waals surface area contributed by atoms with Crippen molar-refractivity contribution in [2.24, 2.45) is 0 Å². The van der Waals surface area contributed by atoms with Crippen LogP contribution in [0, 0.1) is 5.82 Å². The monoisotopic (exact) mass is 293 g/mol. The number of nitrogens with one attached hydrogen (secondary N) is 1. The Morgan fingerprint density at radius 2 is 2.10 bits per heavy atom. The SMILES string of the molecule is CC(C)(C)OC(=O)Nc1cc(-c2cc(N)on2)ccc1F. The molecule has 2 rings (SSSR count). The van der Waals surface area contributed by atoms with Gasteiger partial charge in [0.2, 0.25) is 5.88 Å². The summed E-state index contributed by atoms with van der Waals surface area (Å²) in [7, 11) is 0. The Morgan fingerprint density at radius 1 is 1.38 bits per heavy atom. The molecule has 3 N–H and O–H groups in total. The molecule has 1 aromatic heterocycles. The van der Waals surface area contributed by atoms with Crippen LogP contribution in [0.1, 0.15) is 20.8 Å². The third-order valence-electron chi connectivity index (χ3n) is 2.43. The minimum atomic E-state index is -0.738. The molecule has 112 valence electrons. The fraction of sp³-hybridized carbons (Fsp3) is 0.286. The Labute approximate surface area is 121 Å². The summed E-state index contributed by atoms with van der Waals surface area (Å²) in [5, 5.41) is 6.09.